The summed E-state index contributed by atoms with van der Waals surface area (Å²) in [5, 5.41) is 0. The second kappa shape index (κ2) is 7.90. The summed E-state index contributed by atoms with van der Waals surface area (Å²) in [6.45, 7) is 14.5. The maximum absolute atomic E-state index is 6.30. The largest absolute Gasteiger partial charge is 0.488 e. The van der Waals surface area contributed by atoms with E-state index in [0.29, 0.717) is 19.8 Å². The van der Waals surface area contributed by atoms with Crippen LogP contribution in [0.2, 0.25) is 6.32 Å². The van der Waals surface area contributed by atoms with Gasteiger partial charge in [0.05, 0.1) is 5.60 Å². The summed E-state index contributed by atoms with van der Waals surface area (Å²) < 4.78 is 23.2. The summed E-state index contributed by atoms with van der Waals surface area (Å²) in [7, 11) is 0. The molecule has 0 aliphatic carbocycles. The molecule has 0 saturated carbocycles. The lowest BCUT2D eigenvalue weighted by Gasteiger charge is -2.34. The van der Waals surface area contributed by atoms with Crippen molar-refractivity contribution in [2.45, 2.75) is 59.8 Å². The van der Waals surface area contributed by atoms with Crippen LogP contribution >= 0.6 is 0 Å². The molecule has 1 saturated heterocycles. The highest BCUT2D eigenvalue weighted by Crippen LogP contribution is 2.45. The van der Waals surface area contributed by atoms with Crippen molar-refractivity contribution < 1.29 is 18.9 Å². The fourth-order valence-corrected chi connectivity index (χ4v) is 2.94. The van der Waals surface area contributed by atoms with E-state index < -0.39 is 0 Å². The molecule has 4 nitrogen and oxygen atoms in total. The minimum Gasteiger partial charge on any atom is -0.488 e. The Balaban J connectivity index is 2.02. The van der Waals surface area contributed by atoms with Gasteiger partial charge in [-0.05, 0) is 57.0 Å². The van der Waals surface area contributed by atoms with E-state index in [2.05, 4.69) is 39.8 Å². The van der Waals surface area contributed by atoms with Crippen LogP contribution in [0.5, 0.6) is 5.75 Å². The van der Waals surface area contributed by atoms with E-state index in [1.54, 1.807) is 0 Å². The van der Waals surface area contributed by atoms with Crippen LogP contribution in [0.25, 0.3) is 0 Å². The number of hydrogen-bond donors (Lipinski definition) is 0. The van der Waals surface area contributed by atoms with Gasteiger partial charge in [0.15, 0.2) is 6.29 Å². The van der Waals surface area contributed by atoms with Crippen molar-refractivity contribution in [3.05, 3.63) is 24.3 Å². The minimum atomic E-state index is -0.329. The molecule has 1 heterocycles. The van der Waals surface area contributed by atoms with Gasteiger partial charge in [0, 0.05) is 13.2 Å². The maximum atomic E-state index is 6.30. The first-order valence-electron chi connectivity index (χ1n) is 8.93. The average molecular weight is 334 g/mol. The summed E-state index contributed by atoms with van der Waals surface area (Å²) in [4.78, 5) is 0. The van der Waals surface area contributed by atoms with E-state index in [0.717, 1.165) is 17.5 Å². The Labute approximate surface area is 146 Å². The van der Waals surface area contributed by atoms with Gasteiger partial charge in [-0.2, -0.15) is 0 Å². The molecule has 1 aliphatic rings. The number of hydrogen-bond acceptors (Lipinski definition) is 4. The lowest BCUT2D eigenvalue weighted by Crippen LogP contribution is -2.36. The summed E-state index contributed by atoms with van der Waals surface area (Å²) in [5.41, 5.74) is 1.17. The second-order valence-electron chi connectivity index (χ2n) is 7.43. The van der Waals surface area contributed by atoms with E-state index in [-0.39, 0.29) is 24.2 Å². The van der Waals surface area contributed by atoms with Crippen molar-refractivity contribution in [2.24, 2.45) is 5.41 Å². The third-order valence-corrected chi connectivity index (χ3v) is 5.08. The van der Waals surface area contributed by atoms with Gasteiger partial charge in [0.1, 0.15) is 12.4 Å². The van der Waals surface area contributed by atoms with Gasteiger partial charge < -0.3 is 18.9 Å². The zero-order chi connectivity index (χ0) is 17.8. The Morgan fingerprint density at radius 3 is 2.33 bits per heavy atom. The van der Waals surface area contributed by atoms with Gasteiger partial charge >= 0.3 is 6.92 Å². The predicted molar refractivity (Wildman–Crippen MR) is 98.1 cm³/mol. The predicted octanol–water partition coefficient (Wildman–Crippen LogP) is 3.50. The van der Waals surface area contributed by atoms with Gasteiger partial charge in [-0.15, -0.1) is 0 Å². The Morgan fingerprint density at radius 1 is 1.12 bits per heavy atom. The van der Waals surface area contributed by atoms with Crippen LogP contribution < -0.4 is 10.2 Å². The van der Waals surface area contributed by atoms with Crippen molar-refractivity contribution in [3.8, 4) is 5.75 Å². The average Bonchev–Trinajstić information content (AvgIpc) is 2.74. The van der Waals surface area contributed by atoms with E-state index in [1.807, 2.05) is 26.0 Å². The van der Waals surface area contributed by atoms with E-state index in [4.69, 9.17) is 18.9 Å². The normalized spacial score (nSPS) is 19.0. The summed E-state index contributed by atoms with van der Waals surface area (Å²) >= 11 is 0. The smallest absolute Gasteiger partial charge is 0.328 e. The molecule has 1 aromatic rings. The molecule has 0 N–H and O–H groups in total. The Hall–Kier alpha value is -1.04. The lowest BCUT2D eigenvalue weighted by molar-refractivity contribution is -0.152. The zero-order valence-electron chi connectivity index (χ0n) is 15.9. The Kier molecular flexibility index (Phi) is 6.35. The van der Waals surface area contributed by atoms with Crippen LogP contribution in [-0.2, 0) is 14.1 Å². The molecule has 0 atom stereocenters. The number of ether oxygens (including phenoxy) is 3. The molecule has 2 rings (SSSR count). The minimum absolute atomic E-state index is 0.105. The number of benzene rings is 1. The molecule has 0 radical (unpaired) electrons. The SMILES string of the molecule is CCOC(COc1cccc(B2CC(C)(C)C(C)(C)O2)c1)OCC. The fourth-order valence-electron chi connectivity index (χ4n) is 2.94. The zero-order valence-corrected chi connectivity index (χ0v) is 15.9. The Bertz CT molecular complexity index is 508. The highest BCUT2D eigenvalue weighted by Gasteiger charge is 2.49. The molecule has 134 valence electrons. The third-order valence-electron chi connectivity index (χ3n) is 5.08. The molecule has 0 unspecified atom stereocenters. The molecule has 0 amide bonds. The van der Waals surface area contributed by atoms with Crippen LogP contribution in [0, 0.1) is 5.41 Å². The van der Waals surface area contributed by atoms with Gasteiger partial charge in [0.2, 0.25) is 0 Å². The quantitative estimate of drug-likeness (QED) is 0.539. The van der Waals surface area contributed by atoms with Crippen LogP contribution in [0.4, 0.5) is 0 Å². The summed E-state index contributed by atoms with van der Waals surface area (Å²) in [5.74, 6) is 0.822. The van der Waals surface area contributed by atoms with Crippen LogP contribution in [0.15, 0.2) is 24.3 Å². The first-order chi connectivity index (χ1) is 11.3. The highest BCUT2D eigenvalue weighted by molar-refractivity contribution is 6.68. The molecule has 24 heavy (non-hydrogen) atoms. The first kappa shape index (κ1) is 19.3. The van der Waals surface area contributed by atoms with Crippen LogP contribution in [0.3, 0.4) is 0 Å². The number of rotatable bonds is 8. The third kappa shape index (κ3) is 4.53. The monoisotopic (exact) mass is 334 g/mol. The van der Waals surface area contributed by atoms with Gasteiger partial charge in [0.25, 0.3) is 0 Å². The molecule has 5 heteroatoms. The summed E-state index contributed by atoms with van der Waals surface area (Å²) in [6.07, 6.45) is 0.675. The molecular weight excluding hydrogens is 303 g/mol. The van der Waals surface area contributed by atoms with Gasteiger partial charge in [-0.1, -0.05) is 26.0 Å². The van der Waals surface area contributed by atoms with Gasteiger partial charge in [-0.25, -0.2) is 0 Å². The molecule has 1 fully saturated rings. The fraction of sp³-hybridized carbons (Fsp3) is 0.684. The molecule has 0 bridgehead atoms. The molecule has 0 spiro atoms. The summed E-state index contributed by atoms with van der Waals surface area (Å²) in [6, 6.07) is 8.15. The highest BCUT2D eigenvalue weighted by atomic mass is 16.7. The van der Waals surface area contributed by atoms with E-state index in [9.17, 15) is 0 Å². The molecular formula is C19H31BO4. The van der Waals surface area contributed by atoms with Crippen LogP contribution in [0.1, 0.15) is 41.5 Å². The Morgan fingerprint density at radius 2 is 1.79 bits per heavy atom. The molecule has 0 aromatic heterocycles. The van der Waals surface area contributed by atoms with E-state index >= 15 is 0 Å². The maximum Gasteiger partial charge on any atom is 0.328 e. The topological polar surface area (TPSA) is 36.9 Å². The van der Waals surface area contributed by atoms with Crippen molar-refractivity contribution in [3.63, 3.8) is 0 Å². The van der Waals surface area contributed by atoms with Crippen LogP contribution in [-0.4, -0.2) is 38.6 Å². The van der Waals surface area contributed by atoms with Crippen molar-refractivity contribution in [2.75, 3.05) is 19.8 Å². The lowest BCUT2D eigenvalue weighted by atomic mass is 9.54. The van der Waals surface area contributed by atoms with Crippen molar-refractivity contribution in [1.29, 1.82) is 0 Å². The van der Waals surface area contributed by atoms with Crippen molar-refractivity contribution >= 4 is 12.4 Å². The standard InChI is InChI=1S/C19H31BO4/c1-7-21-17(22-8-2)13-23-16-11-9-10-15(12-16)20-14-18(3,4)19(5,6)24-20/h9-12,17H,7-8,13-14H2,1-6H3. The second-order valence-corrected chi connectivity index (χ2v) is 7.43. The molecule has 1 aliphatic heterocycles. The first-order valence-corrected chi connectivity index (χ1v) is 8.93. The van der Waals surface area contributed by atoms with E-state index in [1.165, 1.54) is 0 Å². The van der Waals surface area contributed by atoms with Crippen molar-refractivity contribution in [1.82, 2.24) is 0 Å². The van der Waals surface area contributed by atoms with Gasteiger partial charge in [-0.3, -0.25) is 0 Å². The molecule has 1 aromatic carbocycles.